The van der Waals surface area contributed by atoms with Crippen molar-refractivity contribution in [2.75, 3.05) is 12.4 Å². The van der Waals surface area contributed by atoms with E-state index in [1.54, 1.807) is 11.9 Å². The lowest BCUT2D eigenvalue weighted by Gasteiger charge is -2.23. The van der Waals surface area contributed by atoms with Crippen LogP contribution in [-0.4, -0.2) is 28.4 Å². The van der Waals surface area contributed by atoms with Crippen molar-refractivity contribution < 1.29 is 4.79 Å². The Morgan fingerprint density at radius 2 is 2.10 bits per heavy atom. The Kier molecular flexibility index (Phi) is 5.20. The Hall–Kier alpha value is -1.59. The SMILES string of the molecule is CCC(C)N(C)C(=O)Nc1cc(-c2ccc(Cl)cc2)ns1. The first-order valence-corrected chi connectivity index (χ1v) is 7.93. The molecule has 0 saturated carbocycles. The Labute approximate surface area is 133 Å². The highest BCUT2D eigenvalue weighted by Crippen LogP contribution is 2.26. The van der Waals surface area contributed by atoms with Gasteiger partial charge in [0.05, 0.1) is 5.69 Å². The minimum atomic E-state index is -0.115. The number of rotatable bonds is 4. The molecule has 112 valence electrons. The molecular formula is C15H18ClN3OS. The van der Waals surface area contributed by atoms with Crippen molar-refractivity contribution in [3.8, 4) is 11.3 Å². The predicted octanol–water partition coefficient (Wildman–Crippen LogP) is 4.73. The van der Waals surface area contributed by atoms with Crippen LogP contribution in [0, 0.1) is 0 Å². The van der Waals surface area contributed by atoms with Crippen molar-refractivity contribution in [3.05, 3.63) is 35.4 Å². The first kappa shape index (κ1) is 15.8. The molecule has 0 bridgehead atoms. The van der Waals surface area contributed by atoms with Crippen LogP contribution in [0.15, 0.2) is 30.3 Å². The molecule has 0 aliphatic heterocycles. The largest absolute Gasteiger partial charge is 0.325 e. The molecule has 2 amide bonds. The fourth-order valence-electron chi connectivity index (χ4n) is 1.76. The standard InChI is InChI=1S/C15H18ClN3OS/c1-4-10(2)19(3)15(20)17-14-9-13(18-21-14)11-5-7-12(16)8-6-11/h5-10H,4H2,1-3H3,(H,17,20). The van der Waals surface area contributed by atoms with E-state index in [1.165, 1.54) is 11.5 Å². The lowest BCUT2D eigenvalue weighted by atomic mass is 10.1. The maximum absolute atomic E-state index is 12.1. The quantitative estimate of drug-likeness (QED) is 0.884. The Morgan fingerprint density at radius 3 is 2.71 bits per heavy atom. The summed E-state index contributed by atoms with van der Waals surface area (Å²) in [7, 11) is 1.80. The molecular weight excluding hydrogens is 306 g/mol. The van der Waals surface area contributed by atoms with E-state index in [4.69, 9.17) is 11.6 Å². The first-order chi connectivity index (χ1) is 10.0. The van der Waals surface area contributed by atoms with Crippen LogP contribution in [0.4, 0.5) is 9.80 Å². The summed E-state index contributed by atoms with van der Waals surface area (Å²) >= 11 is 7.14. The van der Waals surface area contributed by atoms with Gasteiger partial charge in [-0.3, -0.25) is 5.32 Å². The molecule has 0 spiro atoms. The summed E-state index contributed by atoms with van der Waals surface area (Å²) in [5, 5.41) is 4.30. The molecule has 2 aromatic rings. The number of hydrogen-bond donors (Lipinski definition) is 1. The summed E-state index contributed by atoms with van der Waals surface area (Å²) in [5.74, 6) is 0. The number of anilines is 1. The highest BCUT2D eigenvalue weighted by molar-refractivity contribution is 7.10. The topological polar surface area (TPSA) is 45.2 Å². The summed E-state index contributed by atoms with van der Waals surface area (Å²) in [4.78, 5) is 13.8. The molecule has 0 aliphatic rings. The lowest BCUT2D eigenvalue weighted by Crippen LogP contribution is -2.37. The lowest BCUT2D eigenvalue weighted by molar-refractivity contribution is 0.206. The smallest absolute Gasteiger partial charge is 0.322 e. The van der Waals surface area contributed by atoms with Crippen LogP contribution in [0.25, 0.3) is 11.3 Å². The average Bonchev–Trinajstić information content (AvgIpc) is 2.94. The Balaban J connectivity index is 2.06. The van der Waals surface area contributed by atoms with Gasteiger partial charge in [-0.2, -0.15) is 4.37 Å². The molecule has 0 aliphatic carbocycles. The molecule has 1 aromatic carbocycles. The van der Waals surface area contributed by atoms with E-state index in [9.17, 15) is 4.79 Å². The number of urea groups is 1. The molecule has 1 unspecified atom stereocenters. The van der Waals surface area contributed by atoms with Gasteiger partial charge < -0.3 is 4.90 Å². The van der Waals surface area contributed by atoms with Crippen LogP contribution < -0.4 is 5.32 Å². The van der Waals surface area contributed by atoms with Gasteiger partial charge in [0, 0.05) is 29.7 Å². The van der Waals surface area contributed by atoms with E-state index in [2.05, 4.69) is 16.6 Å². The zero-order chi connectivity index (χ0) is 15.4. The Morgan fingerprint density at radius 1 is 1.43 bits per heavy atom. The predicted molar refractivity (Wildman–Crippen MR) is 89.1 cm³/mol. The summed E-state index contributed by atoms with van der Waals surface area (Å²) in [6.07, 6.45) is 0.919. The fraction of sp³-hybridized carbons (Fsp3) is 0.333. The van der Waals surface area contributed by atoms with E-state index >= 15 is 0 Å². The molecule has 1 heterocycles. The van der Waals surface area contributed by atoms with Crippen molar-refractivity contribution in [2.24, 2.45) is 0 Å². The molecule has 1 atom stereocenters. The van der Waals surface area contributed by atoms with Crippen molar-refractivity contribution in [2.45, 2.75) is 26.3 Å². The number of carbonyl (C=O) groups excluding carboxylic acids is 1. The highest BCUT2D eigenvalue weighted by atomic mass is 35.5. The number of hydrogen-bond acceptors (Lipinski definition) is 3. The molecule has 2 rings (SSSR count). The molecule has 21 heavy (non-hydrogen) atoms. The third kappa shape index (κ3) is 3.95. The van der Waals surface area contributed by atoms with Gasteiger partial charge in [0.2, 0.25) is 0 Å². The van der Waals surface area contributed by atoms with E-state index in [1.807, 2.05) is 37.3 Å². The van der Waals surface area contributed by atoms with Crippen molar-refractivity contribution in [1.82, 2.24) is 9.27 Å². The third-order valence-corrected chi connectivity index (χ3v) is 4.41. The number of halogens is 1. The summed E-state index contributed by atoms with van der Waals surface area (Å²) in [6.45, 7) is 4.07. The van der Waals surface area contributed by atoms with Gasteiger partial charge in [0.1, 0.15) is 5.00 Å². The molecule has 1 N–H and O–H groups in total. The van der Waals surface area contributed by atoms with Crippen LogP contribution in [0.5, 0.6) is 0 Å². The second-order valence-electron chi connectivity index (χ2n) is 4.88. The maximum atomic E-state index is 12.1. The third-order valence-electron chi connectivity index (χ3n) is 3.45. The summed E-state index contributed by atoms with van der Waals surface area (Å²) in [6, 6.07) is 9.43. The fourth-order valence-corrected chi connectivity index (χ4v) is 2.54. The molecule has 4 nitrogen and oxygen atoms in total. The monoisotopic (exact) mass is 323 g/mol. The number of amides is 2. The number of benzene rings is 1. The Bertz CT molecular complexity index is 612. The van der Waals surface area contributed by atoms with Crippen LogP contribution in [0.3, 0.4) is 0 Å². The van der Waals surface area contributed by atoms with Gasteiger partial charge in [0.15, 0.2) is 0 Å². The van der Waals surface area contributed by atoms with E-state index in [-0.39, 0.29) is 12.1 Å². The molecule has 0 radical (unpaired) electrons. The van der Waals surface area contributed by atoms with E-state index < -0.39 is 0 Å². The van der Waals surface area contributed by atoms with Crippen molar-refractivity contribution >= 4 is 34.2 Å². The zero-order valence-electron chi connectivity index (χ0n) is 12.3. The summed E-state index contributed by atoms with van der Waals surface area (Å²) in [5.41, 5.74) is 1.81. The maximum Gasteiger partial charge on any atom is 0.322 e. The molecule has 6 heteroatoms. The van der Waals surface area contributed by atoms with Crippen LogP contribution in [-0.2, 0) is 0 Å². The number of aromatic nitrogens is 1. The van der Waals surface area contributed by atoms with Gasteiger partial charge in [-0.15, -0.1) is 0 Å². The second-order valence-corrected chi connectivity index (χ2v) is 6.12. The zero-order valence-corrected chi connectivity index (χ0v) is 13.8. The van der Waals surface area contributed by atoms with Gasteiger partial charge in [-0.05, 0) is 37.0 Å². The normalized spacial score (nSPS) is 12.0. The van der Waals surface area contributed by atoms with Gasteiger partial charge in [-0.25, -0.2) is 4.79 Å². The van der Waals surface area contributed by atoms with Gasteiger partial charge in [-0.1, -0.05) is 30.7 Å². The highest BCUT2D eigenvalue weighted by Gasteiger charge is 2.15. The van der Waals surface area contributed by atoms with Gasteiger partial charge >= 0.3 is 6.03 Å². The molecule has 1 aromatic heterocycles. The minimum Gasteiger partial charge on any atom is -0.325 e. The molecule has 0 saturated heterocycles. The minimum absolute atomic E-state index is 0.115. The van der Waals surface area contributed by atoms with E-state index in [0.717, 1.165) is 22.7 Å². The van der Waals surface area contributed by atoms with E-state index in [0.29, 0.717) is 5.02 Å². The second kappa shape index (κ2) is 6.91. The average molecular weight is 324 g/mol. The first-order valence-electron chi connectivity index (χ1n) is 6.77. The molecule has 0 fully saturated rings. The number of carbonyl (C=O) groups is 1. The van der Waals surface area contributed by atoms with Crippen LogP contribution >= 0.6 is 23.1 Å². The van der Waals surface area contributed by atoms with Crippen molar-refractivity contribution in [3.63, 3.8) is 0 Å². The van der Waals surface area contributed by atoms with Gasteiger partial charge in [0.25, 0.3) is 0 Å². The number of nitrogens with one attached hydrogen (secondary N) is 1. The summed E-state index contributed by atoms with van der Waals surface area (Å²) < 4.78 is 4.36. The number of nitrogens with zero attached hydrogens (tertiary/aromatic N) is 2. The van der Waals surface area contributed by atoms with Crippen LogP contribution in [0.2, 0.25) is 5.02 Å². The van der Waals surface area contributed by atoms with Crippen molar-refractivity contribution in [1.29, 1.82) is 0 Å². The van der Waals surface area contributed by atoms with Crippen LogP contribution in [0.1, 0.15) is 20.3 Å².